The van der Waals surface area contributed by atoms with E-state index in [-0.39, 0.29) is 0 Å². The van der Waals surface area contributed by atoms with Crippen molar-refractivity contribution in [3.05, 3.63) is 0 Å². The summed E-state index contributed by atoms with van der Waals surface area (Å²) in [5, 5.41) is 0. The van der Waals surface area contributed by atoms with Gasteiger partial charge in [-0.1, -0.05) is 39.5 Å². The summed E-state index contributed by atoms with van der Waals surface area (Å²) in [5.74, 6) is 0.670. The molecule has 0 aromatic heterocycles. The van der Waals surface area contributed by atoms with E-state index in [1.807, 2.05) is 13.8 Å². The number of rotatable bonds is 10. The van der Waals surface area contributed by atoms with Crippen molar-refractivity contribution in [1.29, 1.82) is 0 Å². The number of carbonyl (C=O) groups excluding carboxylic acids is 2. The second-order valence-electron chi connectivity index (χ2n) is 3.54. The Hall–Kier alpha value is -0.350. The monoisotopic (exact) mass is 277 g/mol. The van der Waals surface area contributed by atoms with Gasteiger partial charge in [-0.25, -0.2) is 0 Å². The molecule has 0 aliphatic rings. The van der Waals surface area contributed by atoms with Gasteiger partial charge in [0, 0.05) is 12.8 Å². The lowest BCUT2D eigenvalue weighted by atomic mass is 10.1. The molecule has 0 saturated carbocycles. The van der Waals surface area contributed by atoms with Crippen LogP contribution in [0.15, 0.2) is 0 Å². The maximum absolute atomic E-state index is 9.92. The SMILES string of the molecule is CC.NCCCCCCCCC=O.O=CCCS. The molecule has 2 N–H and O–H groups in total. The lowest BCUT2D eigenvalue weighted by molar-refractivity contribution is -0.108. The molecule has 0 aliphatic carbocycles. The molecule has 0 rings (SSSR count). The molecule has 0 radical (unpaired) electrons. The van der Waals surface area contributed by atoms with Gasteiger partial charge in [-0.3, -0.25) is 0 Å². The van der Waals surface area contributed by atoms with Crippen molar-refractivity contribution >= 4 is 25.2 Å². The number of aldehydes is 2. The molecule has 0 aromatic carbocycles. The third-order valence-electron chi connectivity index (χ3n) is 2.02. The first-order valence-corrected chi connectivity index (χ1v) is 7.64. The highest BCUT2D eigenvalue weighted by molar-refractivity contribution is 7.80. The Morgan fingerprint density at radius 1 is 0.833 bits per heavy atom. The third-order valence-corrected chi connectivity index (χ3v) is 2.28. The van der Waals surface area contributed by atoms with Gasteiger partial charge in [-0.2, -0.15) is 12.6 Å². The second-order valence-corrected chi connectivity index (χ2v) is 3.99. The zero-order valence-corrected chi connectivity index (χ0v) is 13.0. The van der Waals surface area contributed by atoms with Crippen LogP contribution in [-0.4, -0.2) is 24.9 Å². The van der Waals surface area contributed by atoms with E-state index >= 15 is 0 Å². The van der Waals surface area contributed by atoms with Crippen molar-refractivity contribution in [3.63, 3.8) is 0 Å². The van der Waals surface area contributed by atoms with Crippen molar-refractivity contribution in [2.75, 3.05) is 12.3 Å². The first-order chi connectivity index (χ1) is 8.83. The summed E-state index contributed by atoms with van der Waals surface area (Å²) in [4.78, 5) is 19.3. The summed E-state index contributed by atoms with van der Waals surface area (Å²) >= 11 is 3.77. The highest BCUT2D eigenvalue weighted by Gasteiger charge is 1.89. The number of thiol groups is 1. The average Bonchev–Trinajstić information content (AvgIpc) is 2.42. The van der Waals surface area contributed by atoms with E-state index < -0.39 is 0 Å². The zero-order chi connectivity index (χ0) is 14.5. The van der Waals surface area contributed by atoms with Crippen LogP contribution in [0.2, 0.25) is 0 Å². The molecule has 0 bridgehead atoms. The molecule has 18 heavy (non-hydrogen) atoms. The Bertz CT molecular complexity index is 144. The van der Waals surface area contributed by atoms with Gasteiger partial charge in [0.25, 0.3) is 0 Å². The van der Waals surface area contributed by atoms with E-state index in [0.29, 0.717) is 12.2 Å². The molecule has 0 fully saturated rings. The summed E-state index contributed by atoms with van der Waals surface area (Å²) in [6, 6.07) is 0. The maximum atomic E-state index is 9.92. The van der Waals surface area contributed by atoms with Crippen LogP contribution in [0.25, 0.3) is 0 Å². The Balaban J connectivity index is -0.000000270. The predicted molar refractivity (Wildman–Crippen MR) is 83.3 cm³/mol. The molecular weight excluding hydrogens is 246 g/mol. The van der Waals surface area contributed by atoms with E-state index in [1.54, 1.807) is 0 Å². The van der Waals surface area contributed by atoms with E-state index in [4.69, 9.17) is 5.73 Å². The predicted octanol–water partition coefficient (Wildman–Crippen LogP) is 3.41. The Labute approximate surface area is 118 Å². The first-order valence-electron chi connectivity index (χ1n) is 7.01. The van der Waals surface area contributed by atoms with Crippen LogP contribution >= 0.6 is 12.6 Å². The molecule has 0 aliphatic heterocycles. The van der Waals surface area contributed by atoms with Gasteiger partial charge < -0.3 is 15.3 Å². The van der Waals surface area contributed by atoms with Crippen LogP contribution in [0.5, 0.6) is 0 Å². The van der Waals surface area contributed by atoms with Gasteiger partial charge in [0.1, 0.15) is 12.6 Å². The summed E-state index contributed by atoms with van der Waals surface area (Å²) in [6.07, 6.45) is 10.3. The largest absolute Gasteiger partial charge is 0.330 e. The summed E-state index contributed by atoms with van der Waals surface area (Å²) < 4.78 is 0. The van der Waals surface area contributed by atoms with Crippen LogP contribution in [0.3, 0.4) is 0 Å². The fourth-order valence-corrected chi connectivity index (χ4v) is 1.24. The highest BCUT2D eigenvalue weighted by Crippen LogP contribution is 2.05. The molecule has 0 aromatic rings. The molecule has 0 saturated heterocycles. The van der Waals surface area contributed by atoms with Crippen molar-refractivity contribution in [1.82, 2.24) is 0 Å². The van der Waals surface area contributed by atoms with Gasteiger partial charge in [0.2, 0.25) is 0 Å². The minimum atomic E-state index is 0.573. The number of hydrogen-bond donors (Lipinski definition) is 2. The van der Waals surface area contributed by atoms with E-state index in [9.17, 15) is 9.59 Å². The van der Waals surface area contributed by atoms with Crippen molar-refractivity contribution in [2.45, 2.75) is 65.2 Å². The van der Waals surface area contributed by atoms with Gasteiger partial charge in [0.15, 0.2) is 0 Å². The summed E-state index contributed by atoms with van der Waals surface area (Å²) in [7, 11) is 0. The second kappa shape index (κ2) is 30.0. The fourth-order valence-electron chi connectivity index (χ4n) is 1.13. The molecule has 3 nitrogen and oxygen atoms in total. The molecule has 110 valence electrons. The standard InChI is InChI=1S/C9H19NO.C3H6OS.C2H6/c10-8-6-4-2-1-3-5-7-9-11;4-2-1-3-5;1-2/h9H,1-8,10H2;2,5H,1,3H2;1-2H3. The number of carbonyl (C=O) groups is 2. The van der Waals surface area contributed by atoms with Crippen LogP contribution in [0, 0.1) is 0 Å². The van der Waals surface area contributed by atoms with E-state index in [1.165, 1.54) is 25.7 Å². The van der Waals surface area contributed by atoms with Crippen molar-refractivity contribution < 1.29 is 9.59 Å². The maximum Gasteiger partial charge on any atom is 0.120 e. The lowest BCUT2D eigenvalue weighted by Gasteiger charge is -1.97. The molecule has 0 unspecified atom stereocenters. The smallest absolute Gasteiger partial charge is 0.120 e. The molecule has 4 heteroatoms. The van der Waals surface area contributed by atoms with Gasteiger partial charge >= 0.3 is 0 Å². The Morgan fingerprint density at radius 2 is 1.28 bits per heavy atom. The van der Waals surface area contributed by atoms with Crippen LogP contribution in [-0.2, 0) is 9.59 Å². The van der Waals surface area contributed by atoms with Gasteiger partial charge in [-0.05, 0) is 25.1 Å². The van der Waals surface area contributed by atoms with Crippen LogP contribution in [0.4, 0.5) is 0 Å². The molecule has 0 amide bonds. The third kappa shape index (κ3) is 36.1. The zero-order valence-electron chi connectivity index (χ0n) is 12.1. The topological polar surface area (TPSA) is 60.2 Å². The van der Waals surface area contributed by atoms with Crippen molar-refractivity contribution in [2.24, 2.45) is 5.73 Å². The van der Waals surface area contributed by atoms with Crippen LogP contribution in [0.1, 0.15) is 65.2 Å². The summed E-state index contributed by atoms with van der Waals surface area (Å²) in [6.45, 7) is 4.81. The van der Waals surface area contributed by atoms with E-state index in [2.05, 4.69) is 12.6 Å². The van der Waals surface area contributed by atoms with Crippen LogP contribution < -0.4 is 5.73 Å². The number of nitrogens with two attached hydrogens (primary N) is 1. The van der Waals surface area contributed by atoms with E-state index in [0.717, 1.165) is 38.4 Å². The minimum Gasteiger partial charge on any atom is -0.330 e. The molecular formula is C14H31NO2S. The fraction of sp³-hybridized carbons (Fsp3) is 0.857. The Kier molecular flexibility index (Phi) is 38.1. The minimum absolute atomic E-state index is 0.573. The molecule has 0 atom stereocenters. The van der Waals surface area contributed by atoms with Crippen molar-refractivity contribution in [3.8, 4) is 0 Å². The van der Waals surface area contributed by atoms with Gasteiger partial charge in [0.05, 0.1) is 0 Å². The quantitative estimate of drug-likeness (QED) is 0.365. The highest BCUT2D eigenvalue weighted by atomic mass is 32.1. The van der Waals surface area contributed by atoms with Gasteiger partial charge in [-0.15, -0.1) is 0 Å². The summed E-state index contributed by atoms with van der Waals surface area (Å²) in [5.41, 5.74) is 5.34. The Morgan fingerprint density at radius 3 is 1.61 bits per heavy atom. The first kappa shape index (κ1) is 22.8. The normalized spacial score (nSPS) is 8.44. The molecule has 0 heterocycles. The molecule has 0 spiro atoms. The average molecular weight is 277 g/mol. The number of hydrogen-bond acceptors (Lipinski definition) is 4. The lowest BCUT2D eigenvalue weighted by Crippen LogP contribution is -1.97. The number of unbranched alkanes of at least 4 members (excludes halogenated alkanes) is 6.